The Hall–Kier alpha value is -3.33. The number of halogens is 1. The molecule has 166 valence electrons. The van der Waals surface area contributed by atoms with E-state index in [1.807, 2.05) is 35.2 Å². The monoisotopic (exact) mass is 453 g/mol. The first-order valence-corrected chi connectivity index (χ1v) is 11.2. The van der Waals surface area contributed by atoms with Crippen LogP contribution in [0.25, 0.3) is 12.2 Å². The predicted molar refractivity (Wildman–Crippen MR) is 124 cm³/mol. The highest BCUT2D eigenvalue weighted by molar-refractivity contribution is 7.99. The number of H-pyrrole nitrogens is 1. The SMILES string of the molecule is COc1ccc(N2CCN(C(=O)CSc3n[nH]c(C=Cc4ccc(F)cc4)n3)CC2)cc1. The molecule has 3 aromatic rings. The molecule has 1 saturated heterocycles. The van der Waals surface area contributed by atoms with Crippen molar-refractivity contribution in [1.82, 2.24) is 20.1 Å². The second kappa shape index (κ2) is 10.3. The van der Waals surface area contributed by atoms with E-state index in [0.717, 1.165) is 30.1 Å². The van der Waals surface area contributed by atoms with E-state index in [2.05, 4.69) is 20.1 Å². The molecule has 0 radical (unpaired) electrons. The van der Waals surface area contributed by atoms with E-state index in [-0.39, 0.29) is 11.7 Å². The smallest absolute Gasteiger partial charge is 0.233 e. The van der Waals surface area contributed by atoms with Crippen LogP contribution in [0.4, 0.5) is 10.1 Å². The van der Waals surface area contributed by atoms with Crippen molar-refractivity contribution in [1.29, 1.82) is 0 Å². The first-order valence-electron chi connectivity index (χ1n) is 10.3. The largest absolute Gasteiger partial charge is 0.497 e. The standard InChI is InChI=1S/C23H24FN5O2S/c1-31-20-9-7-19(8-10-20)28-12-14-29(15-13-28)22(30)16-32-23-25-21(26-27-23)11-4-17-2-5-18(24)6-3-17/h2-11H,12-16H2,1H3,(H,25,26,27). The number of aromatic amines is 1. The summed E-state index contributed by atoms with van der Waals surface area (Å²) in [4.78, 5) is 21.1. The van der Waals surface area contributed by atoms with Crippen LogP contribution in [0.3, 0.4) is 0 Å². The second-order valence-electron chi connectivity index (χ2n) is 7.24. The molecule has 1 N–H and O–H groups in total. The van der Waals surface area contributed by atoms with Gasteiger partial charge in [0.15, 0.2) is 0 Å². The zero-order chi connectivity index (χ0) is 22.3. The Kier molecular flexibility index (Phi) is 7.06. The van der Waals surface area contributed by atoms with Crippen LogP contribution in [0.2, 0.25) is 0 Å². The summed E-state index contributed by atoms with van der Waals surface area (Å²) in [5.41, 5.74) is 2.00. The van der Waals surface area contributed by atoms with Crippen molar-refractivity contribution in [3.05, 3.63) is 65.7 Å². The van der Waals surface area contributed by atoms with Crippen molar-refractivity contribution >= 4 is 35.5 Å². The number of methoxy groups -OCH3 is 1. The first kappa shape index (κ1) is 21.9. The summed E-state index contributed by atoms with van der Waals surface area (Å²) in [5.74, 6) is 1.52. The third-order valence-electron chi connectivity index (χ3n) is 5.18. The molecule has 0 bridgehead atoms. The van der Waals surface area contributed by atoms with Crippen LogP contribution in [0.5, 0.6) is 5.75 Å². The summed E-state index contributed by atoms with van der Waals surface area (Å²) in [7, 11) is 1.65. The molecular formula is C23H24FN5O2S. The number of piperazine rings is 1. The number of anilines is 1. The molecule has 9 heteroatoms. The number of ether oxygens (including phenoxy) is 1. The van der Waals surface area contributed by atoms with Gasteiger partial charge in [0.25, 0.3) is 0 Å². The molecule has 4 rings (SSSR count). The Bertz CT molecular complexity index is 1060. The highest BCUT2D eigenvalue weighted by Crippen LogP contribution is 2.21. The Morgan fingerprint density at radius 1 is 1.09 bits per heavy atom. The van der Waals surface area contributed by atoms with E-state index in [4.69, 9.17) is 4.74 Å². The number of aromatic nitrogens is 3. The summed E-state index contributed by atoms with van der Waals surface area (Å²) < 4.78 is 18.2. The number of carbonyl (C=O) groups excluding carboxylic acids is 1. The molecule has 1 amide bonds. The second-order valence-corrected chi connectivity index (χ2v) is 8.19. The van der Waals surface area contributed by atoms with E-state index in [1.54, 1.807) is 25.3 Å². The van der Waals surface area contributed by atoms with Gasteiger partial charge < -0.3 is 14.5 Å². The number of amides is 1. The summed E-state index contributed by atoms with van der Waals surface area (Å²) in [5, 5.41) is 7.51. The molecule has 0 spiro atoms. The molecule has 1 aliphatic heterocycles. The summed E-state index contributed by atoms with van der Waals surface area (Å²) in [6.45, 7) is 2.96. The van der Waals surface area contributed by atoms with Crippen LogP contribution in [-0.4, -0.2) is 65.0 Å². The van der Waals surface area contributed by atoms with Gasteiger partial charge in [0.1, 0.15) is 17.4 Å². The predicted octanol–water partition coefficient (Wildman–Crippen LogP) is 3.56. The average Bonchev–Trinajstić information content (AvgIpc) is 3.30. The maximum atomic E-state index is 13.0. The third-order valence-corrected chi connectivity index (χ3v) is 6.01. The lowest BCUT2D eigenvalue weighted by Gasteiger charge is -2.36. The number of thioether (sulfide) groups is 1. The Morgan fingerprint density at radius 2 is 1.81 bits per heavy atom. The first-order chi connectivity index (χ1) is 15.6. The molecule has 0 atom stereocenters. The van der Waals surface area contributed by atoms with Gasteiger partial charge in [0.05, 0.1) is 12.9 Å². The summed E-state index contributed by atoms with van der Waals surface area (Å²) in [6, 6.07) is 14.2. The number of nitrogens with zero attached hydrogens (tertiary/aromatic N) is 4. The maximum Gasteiger partial charge on any atom is 0.233 e. The molecule has 1 aliphatic rings. The number of benzene rings is 2. The topological polar surface area (TPSA) is 74.3 Å². The van der Waals surface area contributed by atoms with Crippen molar-refractivity contribution in [2.24, 2.45) is 0 Å². The molecule has 32 heavy (non-hydrogen) atoms. The van der Waals surface area contributed by atoms with Crippen molar-refractivity contribution < 1.29 is 13.9 Å². The molecule has 2 heterocycles. The fourth-order valence-corrected chi connectivity index (χ4v) is 4.08. The van der Waals surface area contributed by atoms with Gasteiger partial charge in [0.2, 0.25) is 11.1 Å². The van der Waals surface area contributed by atoms with Crippen LogP contribution >= 0.6 is 11.8 Å². The summed E-state index contributed by atoms with van der Waals surface area (Å²) >= 11 is 1.31. The number of rotatable bonds is 7. The Balaban J connectivity index is 1.23. The fourth-order valence-electron chi connectivity index (χ4n) is 3.37. The Labute approximate surface area is 190 Å². The molecule has 0 saturated carbocycles. The summed E-state index contributed by atoms with van der Waals surface area (Å²) in [6.07, 6.45) is 3.59. The van der Waals surface area contributed by atoms with Crippen LogP contribution in [0.1, 0.15) is 11.4 Å². The van der Waals surface area contributed by atoms with Gasteiger partial charge >= 0.3 is 0 Å². The molecule has 2 aromatic carbocycles. The van der Waals surface area contributed by atoms with E-state index >= 15 is 0 Å². The van der Waals surface area contributed by atoms with Gasteiger partial charge in [-0.3, -0.25) is 9.89 Å². The van der Waals surface area contributed by atoms with E-state index < -0.39 is 0 Å². The maximum absolute atomic E-state index is 13.0. The van der Waals surface area contributed by atoms with Crippen molar-refractivity contribution in [2.75, 3.05) is 43.9 Å². The van der Waals surface area contributed by atoms with Gasteiger partial charge in [-0.2, -0.15) is 0 Å². The van der Waals surface area contributed by atoms with Crippen LogP contribution < -0.4 is 9.64 Å². The van der Waals surface area contributed by atoms with Gasteiger partial charge in [0, 0.05) is 31.9 Å². The quantitative estimate of drug-likeness (QED) is 0.552. The molecule has 7 nitrogen and oxygen atoms in total. The molecular weight excluding hydrogens is 429 g/mol. The van der Waals surface area contributed by atoms with E-state index in [1.165, 1.54) is 23.9 Å². The zero-order valence-electron chi connectivity index (χ0n) is 17.7. The lowest BCUT2D eigenvalue weighted by Crippen LogP contribution is -2.49. The highest BCUT2D eigenvalue weighted by atomic mass is 32.2. The van der Waals surface area contributed by atoms with Crippen molar-refractivity contribution in [2.45, 2.75) is 5.16 Å². The molecule has 1 fully saturated rings. The number of carbonyl (C=O) groups is 1. The van der Waals surface area contributed by atoms with Crippen LogP contribution in [-0.2, 0) is 4.79 Å². The van der Waals surface area contributed by atoms with E-state index in [9.17, 15) is 9.18 Å². The Morgan fingerprint density at radius 3 is 2.50 bits per heavy atom. The van der Waals surface area contributed by atoms with E-state index in [0.29, 0.717) is 29.8 Å². The minimum Gasteiger partial charge on any atom is -0.497 e. The zero-order valence-corrected chi connectivity index (χ0v) is 18.5. The van der Waals surface area contributed by atoms with Crippen molar-refractivity contribution in [3.63, 3.8) is 0 Å². The lowest BCUT2D eigenvalue weighted by molar-refractivity contribution is -0.128. The van der Waals surface area contributed by atoms with Crippen molar-refractivity contribution in [3.8, 4) is 5.75 Å². The van der Waals surface area contributed by atoms with Crippen LogP contribution in [0, 0.1) is 5.82 Å². The minimum absolute atomic E-state index is 0.0811. The molecule has 0 unspecified atom stereocenters. The van der Waals surface area contributed by atoms with Gasteiger partial charge in [-0.15, -0.1) is 5.10 Å². The van der Waals surface area contributed by atoms with Gasteiger partial charge in [-0.05, 0) is 48.0 Å². The van der Waals surface area contributed by atoms with Gasteiger partial charge in [-0.25, -0.2) is 9.37 Å². The normalized spacial score (nSPS) is 14.2. The number of hydrogen-bond donors (Lipinski definition) is 1. The highest BCUT2D eigenvalue weighted by Gasteiger charge is 2.21. The van der Waals surface area contributed by atoms with Gasteiger partial charge in [-0.1, -0.05) is 30.0 Å². The molecule has 0 aliphatic carbocycles. The minimum atomic E-state index is -0.271. The number of nitrogens with one attached hydrogen (secondary N) is 1. The average molecular weight is 454 g/mol. The van der Waals surface area contributed by atoms with Crippen LogP contribution in [0.15, 0.2) is 53.7 Å². The third kappa shape index (κ3) is 5.67. The lowest BCUT2D eigenvalue weighted by atomic mass is 10.2. The molecule has 1 aromatic heterocycles. The fraction of sp³-hybridized carbons (Fsp3) is 0.261. The number of hydrogen-bond acceptors (Lipinski definition) is 6.